The van der Waals surface area contributed by atoms with Crippen LogP contribution in [0, 0.1) is 0 Å². The topological polar surface area (TPSA) is 43.6 Å². The minimum absolute atomic E-state index is 0.641. The number of fused-ring (bicyclic) bond motifs is 9. The van der Waals surface area contributed by atoms with Gasteiger partial charge in [-0.15, -0.1) is 22.7 Å². The van der Waals surface area contributed by atoms with Gasteiger partial charge in [0.2, 0.25) is 0 Å². The molecule has 11 aromatic rings. The number of hydrogen-bond donors (Lipinski definition) is 0. The standard InChI is InChI=1S/C45H26N4S2/c1-6-21-35-27(13-1)28-14-2-7-22-36(28)49(35)37-23-8-3-16-31(37)43-46-44(33-19-12-26-40-41(33)32-17-5-10-25-39(32)50-40)48-45(47-43)34-20-11-18-30-29-15-4-9-24-38(29)51-42(30)34/h1-26H. The molecule has 4 heterocycles. The van der Waals surface area contributed by atoms with Gasteiger partial charge in [0.25, 0.3) is 0 Å². The number of hydrogen-bond acceptors (Lipinski definition) is 5. The maximum absolute atomic E-state index is 5.36. The minimum Gasteiger partial charge on any atom is -0.309 e. The zero-order valence-electron chi connectivity index (χ0n) is 27.1. The Morgan fingerprint density at radius 3 is 1.61 bits per heavy atom. The van der Waals surface area contributed by atoms with Gasteiger partial charge in [-0.1, -0.05) is 109 Å². The van der Waals surface area contributed by atoms with Gasteiger partial charge >= 0.3 is 0 Å². The Morgan fingerprint density at radius 1 is 0.353 bits per heavy atom. The second-order valence-corrected chi connectivity index (χ2v) is 14.9. The third-order valence-corrected chi connectivity index (χ3v) is 12.2. The summed E-state index contributed by atoms with van der Waals surface area (Å²) in [5.41, 5.74) is 6.27. The summed E-state index contributed by atoms with van der Waals surface area (Å²) in [7, 11) is 0. The van der Waals surface area contributed by atoms with Crippen molar-refractivity contribution in [1.29, 1.82) is 0 Å². The molecule has 0 aliphatic rings. The van der Waals surface area contributed by atoms with Crippen LogP contribution < -0.4 is 0 Å². The van der Waals surface area contributed by atoms with Crippen molar-refractivity contribution in [3.05, 3.63) is 158 Å². The van der Waals surface area contributed by atoms with Crippen molar-refractivity contribution in [3.63, 3.8) is 0 Å². The number of rotatable bonds is 4. The Hall–Kier alpha value is -6.21. The first-order chi connectivity index (χ1) is 25.3. The van der Waals surface area contributed by atoms with Gasteiger partial charge in [0.1, 0.15) is 0 Å². The van der Waals surface area contributed by atoms with E-state index in [0.29, 0.717) is 17.5 Å². The molecule has 7 aromatic carbocycles. The lowest BCUT2D eigenvalue weighted by atomic mass is 10.0. The van der Waals surface area contributed by atoms with E-state index in [4.69, 9.17) is 15.0 Å². The largest absolute Gasteiger partial charge is 0.309 e. The van der Waals surface area contributed by atoms with Crippen LogP contribution in [0.5, 0.6) is 0 Å². The molecule has 51 heavy (non-hydrogen) atoms. The normalized spacial score (nSPS) is 11.9. The van der Waals surface area contributed by atoms with E-state index in [9.17, 15) is 0 Å². The van der Waals surface area contributed by atoms with Crippen molar-refractivity contribution >= 4 is 84.8 Å². The lowest BCUT2D eigenvalue weighted by molar-refractivity contribution is 1.07. The second-order valence-electron chi connectivity index (χ2n) is 12.8. The highest BCUT2D eigenvalue weighted by molar-refractivity contribution is 7.26. The van der Waals surface area contributed by atoms with E-state index in [-0.39, 0.29) is 0 Å². The molecule has 4 aromatic heterocycles. The van der Waals surface area contributed by atoms with E-state index in [0.717, 1.165) is 33.4 Å². The Bertz CT molecular complexity index is 3110. The van der Waals surface area contributed by atoms with Gasteiger partial charge in [-0.3, -0.25) is 0 Å². The molecule has 0 atom stereocenters. The molecule has 6 heteroatoms. The van der Waals surface area contributed by atoms with E-state index < -0.39 is 0 Å². The maximum Gasteiger partial charge on any atom is 0.166 e. The summed E-state index contributed by atoms with van der Waals surface area (Å²) in [5, 5.41) is 7.29. The van der Waals surface area contributed by atoms with Gasteiger partial charge in [0.15, 0.2) is 17.5 Å². The predicted molar refractivity (Wildman–Crippen MR) is 216 cm³/mol. The first-order valence-electron chi connectivity index (χ1n) is 17.0. The number of para-hydroxylation sites is 3. The van der Waals surface area contributed by atoms with Crippen molar-refractivity contribution in [2.45, 2.75) is 0 Å². The Kier molecular flexibility index (Phi) is 6.26. The van der Waals surface area contributed by atoms with Crippen molar-refractivity contribution in [1.82, 2.24) is 19.5 Å². The summed E-state index contributed by atoms with van der Waals surface area (Å²) in [6.45, 7) is 0. The molecule has 0 saturated carbocycles. The molecule has 0 unspecified atom stereocenters. The van der Waals surface area contributed by atoms with Crippen LogP contribution in [0.25, 0.3) is 102 Å². The van der Waals surface area contributed by atoms with Crippen LogP contribution in [-0.4, -0.2) is 19.5 Å². The molecule has 0 bridgehead atoms. The zero-order chi connectivity index (χ0) is 33.5. The van der Waals surface area contributed by atoms with Crippen LogP contribution >= 0.6 is 22.7 Å². The second kappa shape index (κ2) is 11.2. The highest BCUT2D eigenvalue weighted by Gasteiger charge is 2.22. The van der Waals surface area contributed by atoms with Gasteiger partial charge in [0.05, 0.1) is 16.7 Å². The SMILES string of the molecule is c1ccc(-n2c3ccccc3c3ccccc32)c(-c2nc(-c3cccc4c3sc3ccccc34)nc(-c3cccc4sc5ccccc5c34)n2)c1. The van der Waals surface area contributed by atoms with Gasteiger partial charge < -0.3 is 4.57 Å². The first kappa shape index (κ1) is 28.6. The molecule has 0 amide bonds. The van der Waals surface area contributed by atoms with Gasteiger partial charge in [-0.2, -0.15) is 0 Å². The van der Waals surface area contributed by atoms with Crippen LogP contribution in [-0.2, 0) is 0 Å². The average molecular weight is 687 g/mol. The number of thiophene rings is 2. The number of nitrogens with zero attached hydrogens (tertiary/aromatic N) is 4. The van der Waals surface area contributed by atoms with Crippen molar-refractivity contribution < 1.29 is 0 Å². The van der Waals surface area contributed by atoms with Crippen LogP contribution in [0.4, 0.5) is 0 Å². The maximum atomic E-state index is 5.36. The third-order valence-electron chi connectivity index (χ3n) is 9.89. The monoisotopic (exact) mass is 686 g/mol. The zero-order valence-corrected chi connectivity index (χ0v) is 28.7. The van der Waals surface area contributed by atoms with Gasteiger partial charge in [-0.25, -0.2) is 15.0 Å². The average Bonchev–Trinajstić information content (AvgIpc) is 3.87. The highest BCUT2D eigenvalue weighted by atomic mass is 32.1. The fourth-order valence-electron chi connectivity index (χ4n) is 7.66. The highest BCUT2D eigenvalue weighted by Crippen LogP contribution is 2.43. The van der Waals surface area contributed by atoms with E-state index in [1.165, 1.54) is 51.1 Å². The number of benzene rings is 7. The minimum atomic E-state index is 0.641. The summed E-state index contributed by atoms with van der Waals surface area (Å²) in [6.07, 6.45) is 0. The van der Waals surface area contributed by atoms with Crippen LogP contribution in [0.15, 0.2) is 158 Å². The van der Waals surface area contributed by atoms with E-state index in [2.05, 4.69) is 162 Å². The molecular weight excluding hydrogens is 661 g/mol. The first-order valence-corrected chi connectivity index (χ1v) is 18.6. The van der Waals surface area contributed by atoms with Gasteiger partial charge in [-0.05, 0) is 48.5 Å². The molecule has 0 fully saturated rings. The molecule has 0 saturated heterocycles. The fraction of sp³-hybridized carbons (Fsp3) is 0. The van der Waals surface area contributed by atoms with Crippen LogP contribution in [0.3, 0.4) is 0 Å². The summed E-state index contributed by atoms with van der Waals surface area (Å²) in [6, 6.07) is 55.9. The van der Waals surface area contributed by atoms with Crippen LogP contribution in [0.2, 0.25) is 0 Å². The molecule has 0 aliphatic heterocycles. The molecule has 0 spiro atoms. The molecule has 0 N–H and O–H groups in total. The molecular formula is C45H26N4S2. The van der Waals surface area contributed by atoms with Gasteiger partial charge in [0, 0.05) is 67.8 Å². The Morgan fingerprint density at radius 2 is 0.843 bits per heavy atom. The summed E-state index contributed by atoms with van der Waals surface area (Å²) in [4.78, 5) is 16.0. The molecule has 4 nitrogen and oxygen atoms in total. The third kappa shape index (κ3) is 4.34. The Balaban J connectivity index is 1.23. The lowest BCUT2D eigenvalue weighted by Gasteiger charge is -2.15. The molecule has 238 valence electrons. The smallest absolute Gasteiger partial charge is 0.166 e. The molecule has 11 rings (SSSR count). The quantitative estimate of drug-likeness (QED) is 0.185. The summed E-state index contributed by atoms with van der Waals surface area (Å²) in [5.74, 6) is 1.97. The van der Waals surface area contributed by atoms with E-state index in [1.54, 1.807) is 22.7 Å². The lowest BCUT2D eigenvalue weighted by Crippen LogP contribution is -2.03. The van der Waals surface area contributed by atoms with Crippen molar-refractivity contribution in [3.8, 4) is 39.9 Å². The predicted octanol–water partition coefficient (Wildman–Crippen LogP) is 12.7. The Labute approximate surface area is 300 Å². The van der Waals surface area contributed by atoms with Crippen LogP contribution in [0.1, 0.15) is 0 Å². The van der Waals surface area contributed by atoms with Crippen molar-refractivity contribution in [2.75, 3.05) is 0 Å². The fourth-order valence-corrected chi connectivity index (χ4v) is 10.0. The van der Waals surface area contributed by atoms with E-state index in [1.807, 2.05) is 0 Å². The van der Waals surface area contributed by atoms with E-state index >= 15 is 0 Å². The summed E-state index contributed by atoms with van der Waals surface area (Å²) < 4.78 is 7.25. The molecule has 0 radical (unpaired) electrons. The van der Waals surface area contributed by atoms with Crippen molar-refractivity contribution in [2.24, 2.45) is 0 Å². The number of aromatic nitrogens is 4. The molecule has 0 aliphatic carbocycles. The summed E-state index contributed by atoms with van der Waals surface area (Å²) >= 11 is 3.60.